The number of pyridine rings is 1. The smallest absolute Gasteiger partial charge is 0.197 e. The van der Waals surface area contributed by atoms with Crippen molar-refractivity contribution >= 4 is 51.4 Å². The molecule has 0 saturated carbocycles. The Kier molecular flexibility index (Phi) is 7.99. The number of hydrogen-bond acceptors (Lipinski definition) is 7. The topological polar surface area (TPSA) is 95.6 Å². The molecule has 0 amide bonds. The summed E-state index contributed by atoms with van der Waals surface area (Å²) < 4.78 is 36.1. The molecule has 2 aliphatic heterocycles. The maximum Gasteiger partial charge on any atom is 0.197 e. The summed E-state index contributed by atoms with van der Waals surface area (Å²) in [6, 6.07) is 11.3. The number of para-hydroxylation sites is 2. The molecule has 0 bridgehead atoms. The number of aromatic amines is 1. The summed E-state index contributed by atoms with van der Waals surface area (Å²) >= 11 is 0. The van der Waals surface area contributed by atoms with Crippen LogP contribution in [0.25, 0.3) is 11.0 Å². The number of rotatable bonds is 6. The van der Waals surface area contributed by atoms with Crippen LogP contribution >= 0.6 is 0 Å². The SMILES string of the molecule is O=S(Cc1cc(OCC2COC3(CCOCC3)OC2)ccn1)c1nc2ccccc2[nH]1.[Na]. The zero-order valence-electron chi connectivity index (χ0n) is 18.1. The maximum atomic E-state index is 12.7. The summed E-state index contributed by atoms with van der Waals surface area (Å²) in [6.07, 6.45) is 3.22. The number of fused-ring (bicyclic) bond motifs is 1. The van der Waals surface area contributed by atoms with Crippen molar-refractivity contribution in [3.8, 4) is 5.75 Å². The van der Waals surface area contributed by atoms with Gasteiger partial charge in [-0.3, -0.25) is 9.19 Å². The second kappa shape index (κ2) is 10.7. The van der Waals surface area contributed by atoms with Gasteiger partial charge in [-0.2, -0.15) is 0 Å². The molecule has 2 aliphatic rings. The number of H-pyrrole nitrogens is 1. The van der Waals surface area contributed by atoms with E-state index in [1.54, 1.807) is 12.3 Å². The molecule has 2 fully saturated rings. The van der Waals surface area contributed by atoms with E-state index in [1.165, 1.54) is 0 Å². The number of nitrogens with zero attached hydrogens (tertiary/aromatic N) is 2. The third kappa shape index (κ3) is 5.59. The molecule has 2 aromatic heterocycles. The summed E-state index contributed by atoms with van der Waals surface area (Å²) in [7, 11) is -1.32. The van der Waals surface area contributed by atoms with Crippen molar-refractivity contribution in [1.82, 2.24) is 15.0 Å². The molecule has 1 N–H and O–H groups in total. The van der Waals surface area contributed by atoms with E-state index in [-0.39, 0.29) is 41.2 Å². The van der Waals surface area contributed by atoms with Gasteiger partial charge in [0.15, 0.2) is 10.9 Å². The van der Waals surface area contributed by atoms with E-state index in [1.807, 2.05) is 30.3 Å². The molecule has 1 spiro atoms. The Hall–Kier alpha value is -1.33. The predicted octanol–water partition coefficient (Wildman–Crippen LogP) is 2.43. The molecule has 1 aromatic carbocycles. The van der Waals surface area contributed by atoms with Crippen LogP contribution in [-0.4, -0.2) is 87.5 Å². The molecule has 32 heavy (non-hydrogen) atoms. The van der Waals surface area contributed by atoms with Crippen LogP contribution in [0.1, 0.15) is 18.5 Å². The molecule has 4 heterocycles. The quantitative estimate of drug-likeness (QED) is 0.558. The van der Waals surface area contributed by atoms with Gasteiger partial charge >= 0.3 is 0 Å². The van der Waals surface area contributed by atoms with Crippen LogP contribution in [0.3, 0.4) is 0 Å². The first-order valence-electron chi connectivity index (χ1n) is 10.5. The molecule has 2 saturated heterocycles. The van der Waals surface area contributed by atoms with Crippen molar-refractivity contribution in [2.75, 3.05) is 33.0 Å². The number of imidazole rings is 1. The van der Waals surface area contributed by atoms with Crippen molar-refractivity contribution in [3.05, 3.63) is 48.3 Å². The zero-order valence-corrected chi connectivity index (χ0v) is 20.9. The average Bonchev–Trinajstić information content (AvgIpc) is 3.24. The van der Waals surface area contributed by atoms with Crippen LogP contribution in [0, 0.1) is 5.92 Å². The Labute approximate surface area is 211 Å². The number of nitrogens with one attached hydrogen (secondary N) is 1. The second-order valence-corrected chi connectivity index (χ2v) is 9.22. The summed E-state index contributed by atoms with van der Waals surface area (Å²) in [5.41, 5.74) is 2.36. The van der Waals surface area contributed by atoms with E-state index in [9.17, 15) is 4.21 Å². The molecule has 165 valence electrons. The van der Waals surface area contributed by atoms with Gasteiger partial charge in [0.25, 0.3) is 0 Å². The van der Waals surface area contributed by atoms with Crippen LogP contribution in [-0.2, 0) is 30.8 Å². The average molecular weight is 467 g/mol. The minimum atomic E-state index is -1.32. The minimum absolute atomic E-state index is 0. The first-order chi connectivity index (χ1) is 15.2. The molecule has 1 atom stereocenters. The van der Waals surface area contributed by atoms with E-state index in [4.69, 9.17) is 18.9 Å². The van der Waals surface area contributed by atoms with E-state index < -0.39 is 16.6 Å². The zero-order chi connectivity index (χ0) is 21.1. The van der Waals surface area contributed by atoms with Gasteiger partial charge in [0, 0.05) is 60.6 Å². The Balaban J connectivity index is 0.00000245. The monoisotopic (exact) mass is 466 g/mol. The standard InChI is InChI=1S/C22H25N3O5S.Na/c26-31(21-24-19-3-1-2-4-20(19)25-21)15-17-11-18(5-8-23-17)28-12-16-13-29-22(30-14-16)6-9-27-10-7-22;/h1-5,8,11,16H,6-7,9-10,12-15H2,(H,24,25);. The van der Waals surface area contributed by atoms with Crippen molar-refractivity contribution in [2.45, 2.75) is 29.5 Å². The molecular formula is C22H25N3NaO5S. The molecule has 1 unspecified atom stereocenters. The van der Waals surface area contributed by atoms with Crippen LogP contribution in [0.4, 0.5) is 0 Å². The third-order valence-electron chi connectivity index (χ3n) is 5.55. The summed E-state index contributed by atoms with van der Waals surface area (Å²) in [4.78, 5) is 11.9. The number of hydrogen-bond donors (Lipinski definition) is 1. The molecule has 8 nitrogen and oxygen atoms in total. The molecule has 10 heteroatoms. The third-order valence-corrected chi connectivity index (χ3v) is 6.74. The van der Waals surface area contributed by atoms with Crippen LogP contribution in [0.15, 0.2) is 47.8 Å². The Morgan fingerprint density at radius 2 is 1.94 bits per heavy atom. The van der Waals surface area contributed by atoms with Gasteiger partial charge in [-0.15, -0.1) is 0 Å². The van der Waals surface area contributed by atoms with Crippen molar-refractivity contribution in [3.63, 3.8) is 0 Å². The number of ether oxygens (including phenoxy) is 4. The molecule has 1 radical (unpaired) electrons. The van der Waals surface area contributed by atoms with Crippen molar-refractivity contribution < 1.29 is 23.2 Å². The van der Waals surface area contributed by atoms with Gasteiger partial charge in [0.2, 0.25) is 0 Å². The van der Waals surface area contributed by atoms with Gasteiger partial charge in [-0.1, -0.05) is 12.1 Å². The molecule has 3 aromatic rings. The van der Waals surface area contributed by atoms with Crippen LogP contribution < -0.4 is 4.74 Å². The Morgan fingerprint density at radius 1 is 1.16 bits per heavy atom. The number of aromatic nitrogens is 3. The summed E-state index contributed by atoms with van der Waals surface area (Å²) in [6.45, 7) is 3.05. The fourth-order valence-electron chi connectivity index (χ4n) is 3.78. The summed E-state index contributed by atoms with van der Waals surface area (Å²) in [5.74, 6) is 0.643. The predicted molar refractivity (Wildman–Crippen MR) is 120 cm³/mol. The molecular weight excluding hydrogens is 441 g/mol. The van der Waals surface area contributed by atoms with E-state index in [0.717, 1.165) is 23.9 Å². The van der Waals surface area contributed by atoms with Gasteiger partial charge in [0.1, 0.15) is 5.75 Å². The fraction of sp³-hybridized carbons (Fsp3) is 0.455. The minimum Gasteiger partial charge on any atom is -0.493 e. The molecule has 5 rings (SSSR count). The van der Waals surface area contributed by atoms with Gasteiger partial charge in [-0.25, -0.2) is 4.98 Å². The van der Waals surface area contributed by atoms with E-state index >= 15 is 0 Å². The molecule has 0 aliphatic carbocycles. The maximum absolute atomic E-state index is 12.7. The largest absolute Gasteiger partial charge is 0.493 e. The van der Waals surface area contributed by atoms with Gasteiger partial charge in [0.05, 0.1) is 66.3 Å². The van der Waals surface area contributed by atoms with Crippen LogP contribution in [0.2, 0.25) is 0 Å². The normalized spacial score (nSPS) is 19.5. The van der Waals surface area contributed by atoms with Gasteiger partial charge < -0.3 is 23.9 Å². The Bertz CT molecular complexity index is 1030. The van der Waals surface area contributed by atoms with Gasteiger partial charge in [-0.05, 0) is 18.2 Å². The van der Waals surface area contributed by atoms with Crippen molar-refractivity contribution in [1.29, 1.82) is 0 Å². The Morgan fingerprint density at radius 3 is 2.72 bits per heavy atom. The summed E-state index contributed by atoms with van der Waals surface area (Å²) in [5, 5.41) is 0.452. The second-order valence-electron chi connectivity index (χ2n) is 7.85. The fourth-order valence-corrected chi connectivity index (χ4v) is 4.76. The number of benzene rings is 1. The van der Waals surface area contributed by atoms with E-state index in [2.05, 4.69) is 15.0 Å². The van der Waals surface area contributed by atoms with Crippen LogP contribution in [0.5, 0.6) is 5.75 Å². The first-order valence-corrected chi connectivity index (χ1v) is 11.8. The van der Waals surface area contributed by atoms with E-state index in [0.29, 0.717) is 49.6 Å². The first kappa shape index (κ1) is 23.8. The van der Waals surface area contributed by atoms with Crippen molar-refractivity contribution in [2.24, 2.45) is 5.92 Å².